The van der Waals surface area contributed by atoms with Crippen molar-refractivity contribution in [1.29, 1.82) is 0 Å². The Morgan fingerprint density at radius 1 is 1.39 bits per heavy atom. The lowest BCUT2D eigenvalue weighted by Gasteiger charge is -2.18. The summed E-state index contributed by atoms with van der Waals surface area (Å²) in [6, 6.07) is 7.94. The molecule has 0 fully saturated rings. The molecule has 100 valence electrons. The third-order valence-electron chi connectivity index (χ3n) is 3.02. The number of rotatable bonds is 6. The minimum atomic E-state index is 0.00778. The Morgan fingerprint density at radius 2 is 2.06 bits per heavy atom. The highest BCUT2D eigenvalue weighted by Crippen LogP contribution is 2.23. The van der Waals surface area contributed by atoms with Gasteiger partial charge in [-0.15, -0.1) is 0 Å². The second-order valence-corrected chi connectivity index (χ2v) is 5.44. The van der Waals surface area contributed by atoms with Crippen LogP contribution < -0.4 is 11.1 Å². The molecule has 0 radical (unpaired) electrons. The third kappa shape index (κ3) is 4.42. The molecule has 0 aromatic heterocycles. The summed E-state index contributed by atoms with van der Waals surface area (Å²) < 4.78 is 1.02. The van der Waals surface area contributed by atoms with Crippen LogP contribution in [0, 0.1) is 5.92 Å². The van der Waals surface area contributed by atoms with Crippen molar-refractivity contribution in [3.8, 4) is 0 Å². The van der Waals surface area contributed by atoms with Crippen molar-refractivity contribution >= 4 is 21.8 Å². The van der Waals surface area contributed by atoms with Crippen molar-refractivity contribution in [2.45, 2.75) is 32.7 Å². The molecule has 2 atom stereocenters. The lowest BCUT2D eigenvalue weighted by atomic mass is 10.0. The van der Waals surface area contributed by atoms with Crippen LogP contribution >= 0.6 is 15.9 Å². The molecule has 1 rings (SSSR count). The lowest BCUT2D eigenvalue weighted by molar-refractivity contribution is -0.125. The van der Waals surface area contributed by atoms with Crippen LogP contribution in [0.3, 0.4) is 0 Å². The molecule has 3 N–H and O–H groups in total. The maximum atomic E-state index is 12.0. The van der Waals surface area contributed by atoms with Crippen LogP contribution in [-0.2, 0) is 4.79 Å². The van der Waals surface area contributed by atoms with Gasteiger partial charge in [0.15, 0.2) is 0 Å². The molecule has 3 nitrogen and oxygen atoms in total. The lowest BCUT2D eigenvalue weighted by Crippen LogP contribution is -2.32. The van der Waals surface area contributed by atoms with Gasteiger partial charge in [0, 0.05) is 10.4 Å². The van der Waals surface area contributed by atoms with Gasteiger partial charge in [-0.2, -0.15) is 0 Å². The van der Waals surface area contributed by atoms with Crippen LogP contribution in [0.5, 0.6) is 0 Å². The van der Waals surface area contributed by atoms with Crippen molar-refractivity contribution in [2.75, 3.05) is 6.54 Å². The Morgan fingerprint density at radius 3 is 2.67 bits per heavy atom. The van der Waals surface area contributed by atoms with Crippen molar-refractivity contribution in [2.24, 2.45) is 11.7 Å². The SMILES string of the molecule is CC(CCCN)C(=O)N[C@@H](C)c1ccccc1Br. The van der Waals surface area contributed by atoms with Gasteiger partial charge in [-0.05, 0) is 37.9 Å². The van der Waals surface area contributed by atoms with Gasteiger partial charge in [0.1, 0.15) is 0 Å². The first kappa shape index (κ1) is 15.2. The van der Waals surface area contributed by atoms with Crippen LogP contribution in [0.4, 0.5) is 0 Å². The highest BCUT2D eigenvalue weighted by molar-refractivity contribution is 9.10. The standard InChI is InChI=1S/C14H21BrN2O/c1-10(6-5-9-16)14(18)17-11(2)12-7-3-4-8-13(12)15/h3-4,7-8,10-11H,5-6,9,16H2,1-2H3,(H,17,18)/t10?,11-/m0/s1. The smallest absolute Gasteiger partial charge is 0.223 e. The number of carbonyl (C=O) groups is 1. The highest BCUT2D eigenvalue weighted by atomic mass is 79.9. The number of benzene rings is 1. The minimum Gasteiger partial charge on any atom is -0.349 e. The first-order valence-electron chi connectivity index (χ1n) is 6.31. The molecule has 0 bridgehead atoms. The topological polar surface area (TPSA) is 55.1 Å². The average Bonchev–Trinajstić information content (AvgIpc) is 2.36. The van der Waals surface area contributed by atoms with Gasteiger partial charge in [0.05, 0.1) is 6.04 Å². The molecule has 4 heteroatoms. The van der Waals surface area contributed by atoms with Crippen molar-refractivity contribution in [3.05, 3.63) is 34.3 Å². The molecule has 18 heavy (non-hydrogen) atoms. The number of nitrogens with one attached hydrogen (secondary N) is 1. The van der Waals surface area contributed by atoms with Crippen LogP contribution in [0.25, 0.3) is 0 Å². The van der Waals surface area contributed by atoms with Crippen molar-refractivity contribution < 1.29 is 4.79 Å². The van der Waals surface area contributed by atoms with Crippen LogP contribution in [0.15, 0.2) is 28.7 Å². The Hall–Kier alpha value is -0.870. The second kappa shape index (κ2) is 7.54. The van der Waals surface area contributed by atoms with E-state index >= 15 is 0 Å². The average molecular weight is 313 g/mol. The zero-order valence-electron chi connectivity index (χ0n) is 10.9. The molecular weight excluding hydrogens is 292 g/mol. The largest absolute Gasteiger partial charge is 0.349 e. The van der Waals surface area contributed by atoms with Gasteiger partial charge in [-0.1, -0.05) is 41.1 Å². The van der Waals surface area contributed by atoms with E-state index in [2.05, 4.69) is 21.2 Å². The van der Waals surface area contributed by atoms with Crippen LogP contribution in [-0.4, -0.2) is 12.5 Å². The molecule has 0 saturated heterocycles. The van der Waals surface area contributed by atoms with E-state index in [1.165, 1.54) is 0 Å². The van der Waals surface area contributed by atoms with E-state index in [-0.39, 0.29) is 17.9 Å². The highest BCUT2D eigenvalue weighted by Gasteiger charge is 2.16. The van der Waals surface area contributed by atoms with Gasteiger partial charge in [0.2, 0.25) is 5.91 Å². The summed E-state index contributed by atoms with van der Waals surface area (Å²) in [5.41, 5.74) is 6.55. The van der Waals surface area contributed by atoms with E-state index in [1.807, 2.05) is 38.1 Å². The molecule has 0 heterocycles. The summed E-state index contributed by atoms with van der Waals surface area (Å²) in [6.45, 7) is 4.57. The molecule has 0 spiro atoms. The summed E-state index contributed by atoms with van der Waals surface area (Å²) in [5, 5.41) is 3.04. The molecule has 0 aliphatic heterocycles. The zero-order valence-corrected chi connectivity index (χ0v) is 12.5. The third-order valence-corrected chi connectivity index (χ3v) is 3.74. The van der Waals surface area contributed by atoms with Gasteiger partial charge in [-0.3, -0.25) is 4.79 Å². The Balaban J connectivity index is 2.57. The normalized spacial score (nSPS) is 14.0. The number of halogens is 1. The second-order valence-electron chi connectivity index (χ2n) is 4.58. The maximum absolute atomic E-state index is 12.0. The van der Waals surface area contributed by atoms with E-state index in [4.69, 9.17) is 5.73 Å². The van der Waals surface area contributed by atoms with E-state index in [9.17, 15) is 4.79 Å². The van der Waals surface area contributed by atoms with Crippen LogP contribution in [0.2, 0.25) is 0 Å². The first-order chi connectivity index (χ1) is 8.56. The Kier molecular flexibility index (Phi) is 6.36. The molecular formula is C14H21BrN2O. The monoisotopic (exact) mass is 312 g/mol. The summed E-state index contributed by atoms with van der Waals surface area (Å²) in [7, 11) is 0. The summed E-state index contributed by atoms with van der Waals surface area (Å²) in [4.78, 5) is 12.0. The van der Waals surface area contributed by atoms with Gasteiger partial charge >= 0.3 is 0 Å². The molecule has 0 saturated carbocycles. The van der Waals surface area contributed by atoms with Gasteiger partial charge in [-0.25, -0.2) is 0 Å². The van der Waals surface area contributed by atoms with E-state index in [0.29, 0.717) is 6.54 Å². The molecule has 0 aliphatic rings. The van der Waals surface area contributed by atoms with E-state index in [1.54, 1.807) is 0 Å². The molecule has 1 amide bonds. The molecule has 1 aromatic rings. The summed E-state index contributed by atoms with van der Waals surface area (Å²) >= 11 is 3.50. The number of amides is 1. The fraction of sp³-hybridized carbons (Fsp3) is 0.500. The molecule has 1 aromatic carbocycles. The van der Waals surface area contributed by atoms with Crippen LogP contribution in [0.1, 0.15) is 38.3 Å². The fourth-order valence-electron chi connectivity index (χ4n) is 1.81. The quantitative estimate of drug-likeness (QED) is 0.848. The predicted octanol–water partition coefficient (Wildman–Crippen LogP) is 3.00. The molecule has 1 unspecified atom stereocenters. The first-order valence-corrected chi connectivity index (χ1v) is 7.10. The summed E-state index contributed by atoms with van der Waals surface area (Å²) in [6.07, 6.45) is 1.73. The number of carbonyl (C=O) groups excluding carboxylic acids is 1. The minimum absolute atomic E-state index is 0.00778. The van der Waals surface area contributed by atoms with Gasteiger partial charge in [0.25, 0.3) is 0 Å². The maximum Gasteiger partial charge on any atom is 0.223 e. The molecule has 0 aliphatic carbocycles. The number of hydrogen-bond donors (Lipinski definition) is 2. The number of nitrogens with two attached hydrogens (primary N) is 1. The predicted molar refractivity (Wildman–Crippen MR) is 78.2 cm³/mol. The Labute approximate surface area is 117 Å². The van der Waals surface area contributed by atoms with Gasteiger partial charge < -0.3 is 11.1 Å². The van der Waals surface area contributed by atoms with E-state index in [0.717, 1.165) is 22.9 Å². The number of hydrogen-bond acceptors (Lipinski definition) is 2. The zero-order chi connectivity index (χ0) is 13.5. The summed E-state index contributed by atoms with van der Waals surface area (Å²) in [5.74, 6) is 0.102. The van der Waals surface area contributed by atoms with E-state index < -0.39 is 0 Å². The van der Waals surface area contributed by atoms with Crippen molar-refractivity contribution in [3.63, 3.8) is 0 Å². The Bertz CT molecular complexity index is 395. The fourth-order valence-corrected chi connectivity index (χ4v) is 2.44. The van der Waals surface area contributed by atoms with Crippen molar-refractivity contribution in [1.82, 2.24) is 5.32 Å².